The molecule has 0 spiro atoms. The maximum atomic E-state index is 12.8. The molecule has 1 aliphatic heterocycles. The van der Waals surface area contributed by atoms with Crippen molar-refractivity contribution < 1.29 is 0 Å². The van der Waals surface area contributed by atoms with Crippen molar-refractivity contribution in [3.8, 4) is 6.07 Å². The SMILES string of the molecule is CCc1cn2nc([C@@H](C)N3C[C@H](CC)N(c4nc(=O)n(C)c5cc(CC#N)nn45)C[C@H]3CC)ccc2n1. The molecule has 0 aliphatic carbocycles. The van der Waals surface area contributed by atoms with Crippen LogP contribution in [0, 0.1) is 11.3 Å². The second-order valence-electron chi connectivity index (χ2n) is 9.79. The summed E-state index contributed by atoms with van der Waals surface area (Å²) in [5.74, 6) is 0.546. The highest BCUT2D eigenvalue weighted by Crippen LogP contribution is 2.31. The van der Waals surface area contributed by atoms with Crippen molar-refractivity contribution in [3.05, 3.63) is 52.0 Å². The number of aromatic nitrogens is 7. The molecule has 194 valence electrons. The van der Waals surface area contributed by atoms with E-state index in [1.165, 1.54) is 4.57 Å². The minimum atomic E-state index is -0.325. The van der Waals surface area contributed by atoms with Gasteiger partial charge in [0.1, 0.15) is 5.65 Å². The molecule has 0 N–H and O–H groups in total. The Morgan fingerprint density at radius 1 is 1.08 bits per heavy atom. The summed E-state index contributed by atoms with van der Waals surface area (Å²) in [4.78, 5) is 26.6. The second-order valence-corrected chi connectivity index (χ2v) is 9.79. The first kappa shape index (κ1) is 24.9. The van der Waals surface area contributed by atoms with Crippen LogP contribution in [0.25, 0.3) is 11.3 Å². The zero-order valence-corrected chi connectivity index (χ0v) is 22.2. The van der Waals surface area contributed by atoms with Crippen molar-refractivity contribution in [2.45, 2.75) is 71.5 Å². The zero-order valence-electron chi connectivity index (χ0n) is 22.2. The number of aryl methyl sites for hydroxylation is 2. The lowest BCUT2D eigenvalue weighted by Crippen LogP contribution is -2.59. The molecule has 1 saturated heterocycles. The lowest BCUT2D eigenvalue weighted by Gasteiger charge is -2.48. The van der Waals surface area contributed by atoms with E-state index in [4.69, 9.17) is 5.10 Å². The average Bonchev–Trinajstić information content (AvgIpc) is 3.53. The van der Waals surface area contributed by atoms with Crippen molar-refractivity contribution in [2.75, 3.05) is 18.0 Å². The highest BCUT2D eigenvalue weighted by Gasteiger charge is 2.37. The van der Waals surface area contributed by atoms with E-state index in [9.17, 15) is 10.1 Å². The van der Waals surface area contributed by atoms with Gasteiger partial charge in [0.15, 0.2) is 5.65 Å². The van der Waals surface area contributed by atoms with Gasteiger partial charge in [-0.3, -0.25) is 9.47 Å². The summed E-state index contributed by atoms with van der Waals surface area (Å²) in [6, 6.07) is 8.56. The van der Waals surface area contributed by atoms with E-state index in [0.29, 0.717) is 17.3 Å². The van der Waals surface area contributed by atoms with Gasteiger partial charge in [-0.2, -0.15) is 25.0 Å². The maximum Gasteiger partial charge on any atom is 0.352 e. The molecular weight excluding hydrogens is 468 g/mol. The predicted molar refractivity (Wildman–Crippen MR) is 141 cm³/mol. The molecule has 5 rings (SSSR count). The van der Waals surface area contributed by atoms with Crippen LogP contribution in [0.15, 0.2) is 29.2 Å². The Morgan fingerprint density at radius 3 is 2.57 bits per heavy atom. The first-order chi connectivity index (χ1) is 17.9. The normalized spacial score (nSPS) is 19.5. The van der Waals surface area contributed by atoms with Crippen LogP contribution < -0.4 is 10.6 Å². The average molecular weight is 503 g/mol. The molecule has 0 saturated carbocycles. The molecule has 11 heteroatoms. The maximum absolute atomic E-state index is 12.8. The predicted octanol–water partition coefficient (Wildman–Crippen LogP) is 2.54. The van der Waals surface area contributed by atoms with Gasteiger partial charge in [0.25, 0.3) is 0 Å². The Hall–Kier alpha value is -3.78. The molecule has 0 bridgehead atoms. The Bertz CT molecular complexity index is 1530. The largest absolute Gasteiger partial charge is 0.352 e. The fourth-order valence-corrected chi connectivity index (χ4v) is 5.38. The molecule has 4 aromatic heterocycles. The van der Waals surface area contributed by atoms with Crippen LogP contribution >= 0.6 is 0 Å². The summed E-state index contributed by atoms with van der Waals surface area (Å²) in [5.41, 5.74) is 3.86. The molecule has 1 aliphatic rings. The summed E-state index contributed by atoms with van der Waals surface area (Å²) < 4.78 is 5.09. The van der Waals surface area contributed by atoms with Gasteiger partial charge in [0, 0.05) is 38.3 Å². The van der Waals surface area contributed by atoms with Crippen LogP contribution in [0.5, 0.6) is 0 Å². The fraction of sp³-hybridized carbons (Fsp3) is 0.538. The third-order valence-corrected chi connectivity index (χ3v) is 7.63. The van der Waals surface area contributed by atoms with Crippen molar-refractivity contribution in [2.24, 2.45) is 7.05 Å². The van der Waals surface area contributed by atoms with Crippen molar-refractivity contribution in [3.63, 3.8) is 0 Å². The highest BCUT2D eigenvalue weighted by atomic mass is 16.1. The van der Waals surface area contributed by atoms with Gasteiger partial charge < -0.3 is 4.90 Å². The third kappa shape index (κ3) is 4.35. The molecule has 0 amide bonds. The van der Waals surface area contributed by atoms with Crippen LogP contribution in [0.2, 0.25) is 0 Å². The molecule has 1 fully saturated rings. The first-order valence-corrected chi connectivity index (χ1v) is 13.1. The molecule has 4 aromatic rings. The standard InChI is InChI=1S/C26H34N10O/c1-6-18-14-35-23(28-18)10-9-22(31-35)17(4)33-15-21(8-3)34(16-20(33)7-2)25-29-26(37)32(5)24-13-19(11-12-27)30-36(24)25/h9-10,13-14,17,20-21H,6-8,11,15-16H2,1-5H3/t17-,20-,21+/m1/s1. The Labute approximate surface area is 216 Å². The quantitative estimate of drug-likeness (QED) is 0.379. The van der Waals surface area contributed by atoms with E-state index >= 15 is 0 Å². The molecule has 0 radical (unpaired) electrons. The monoisotopic (exact) mass is 502 g/mol. The van der Waals surface area contributed by atoms with Crippen LogP contribution in [0.1, 0.15) is 63.7 Å². The topological polar surface area (TPSA) is 113 Å². The fourth-order valence-electron chi connectivity index (χ4n) is 5.38. The number of imidazole rings is 1. The van der Waals surface area contributed by atoms with Crippen molar-refractivity contribution >= 4 is 17.2 Å². The summed E-state index contributed by atoms with van der Waals surface area (Å²) in [6.45, 7) is 10.2. The number of nitrogens with zero attached hydrogens (tertiary/aromatic N) is 10. The van der Waals surface area contributed by atoms with Gasteiger partial charge in [0.2, 0.25) is 5.95 Å². The molecule has 37 heavy (non-hydrogen) atoms. The number of hydrogen-bond acceptors (Lipinski definition) is 8. The second kappa shape index (κ2) is 9.94. The number of rotatable bonds is 7. The molecule has 5 heterocycles. The minimum absolute atomic E-state index is 0.113. The van der Waals surface area contributed by atoms with E-state index in [1.807, 2.05) is 16.8 Å². The number of anilines is 1. The van der Waals surface area contributed by atoms with E-state index in [0.717, 1.165) is 49.4 Å². The van der Waals surface area contributed by atoms with Gasteiger partial charge >= 0.3 is 5.69 Å². The van der Waals surface area contributed by atoms with Crippen LogP contribution in [-0.2, 0) is 19.9 Å². The van der Waals surface area contributed by atoms with Gasteiger partial charge in [-0.1, -0.05) is 20.8 Å². The molecule has 0 unspecified atom stereocenters. The van der Waals surface area contributed by atoms with Gasteiger partial charge in [-0.05, 0) is 38.3 Å². The van der Waals surface area contributed by atoms with E-state index in [1.54, 1.807) is 17.6 Å². The van der Waals surface area contributed by atoms with Gasteiger partial charge in [0.05, 0.1) is 41.8 Å². The zero-order chi connectivity index (χ0) is 26.3. The summed E-state index contributed by atoms with van der Waals surface area (Å²) >= 11 is 0. The minimum Gasteiger partial charge on any atom is -0.335 e. The first-order valence-electron chi connectivity index (χ1n) is 13.1. The van der Waals surface area contributed by atoms with Crippen LogP contribution in [0.4, 0.5) is 5.95 Å². The number of hydrogen-bond donors (Lipinski definition) is 0. The highest BCUT2D eigenvalue weighted by molar-refractivity contribution is 5.48. The summed E-state index contributed by atoms with van der Waals surface area (Å²) in [6.07, 6.45) is 4.90. The molecule has 0 aromatic carbocycles. The Kier molecular flexibility index (Phi) is 6.69. The number of piperazine rings is 1. The van der Waals surface area contributed by atoms with Crippen LogP contribution in [0.3, 0.4) is 0 Å². The molecule has 3 atom stereocenters. The summed E-state index contributed by atoms with van der Waals surface area (Å²) in [7, 11) is 1.69. The Morgan fingerprint density at radius 2 is 1.86 bits per heavy atom. The van der Waals surface area contributed by atoms with Gasteiger partial charge in [-0.15, -0.1) is 0 Å². The lowest BCUT2D eigenvalue weighted by atomic mass is 9.99. The van der Waals surface area contributed by atoms with Gasteiger partial charge in [-0.25, -0.2) is 14.3 Å². The smallest absolute Gasteiger partial charge is 0.335 e. The van der Waals surface area contributed by atoms with Crippen LogP contribution in [-0.4, -0.2) is 63.8 Å². The lowest BCUT2D eigenvalue weighted by molar-refractivity contribution is 0.0973. The Balaban J connectivity index is 1.49. The van der Waals surface area contributed by atoms with E-state index < -0.39 is 0 Å². The number of fused-ring (bicyclic) bond motifs is 2. The molecular formula is C26H34N10O. The van der Waals surface area contributed by atoms with Crippen molar-refractivity contribution in [1.29, 1.82) is 5.26 Å². The van der Waals surface area contributed by atoms with Crippen molar-refractivity contribution in [1.82, 2.24) is 38.7 Å². The number of nitriles is 1. The van der Waals surface area contributed by atoms with E-state index in [2.05, 4.69) is 64.7 Å². The van der Waals surface area contributed by atoms with E-state index in [-0.39, 0.29) is 30.2 Å². The summed E-state index contributed by atoms with van der Waals surface area (Å²) in [5, 5.41) is 18.7. The molecule has 11 nitrogen and oxygen atoms in total. The third-order valence-electron chi connectivity index (χ3n) is 7.63.